The lowest BCUT2D eigenvalue weighted by atomic mass is 10.1. The molecule has 2 nitrogen and oxygen atoms in total. The predicted molar refractivity (Wildman–Crippen MR) is 62.6 cm³/mol. The van der Waals surface area contributed by atoms with Gasteiger partial charge in [-0.25, -0.2) is 9.37 Å². The maximum atomic E-state index is 12.8. The van der Waals surface area contributed by atoms with E-state index in [-0.39, 0.29) is 11.4 Å². The lowest BCUT2D eigenvalue weighted by Gasteiger charge is -2.19. The van der Waals surface area contributed by atoms with Crippen molar-refractivity contribution in [3.8, 4) is 11.3 Å². The van der Waals surface area contributed by atoms with Gasteiger partial charge in [-0.2, -0.15) is 0 Å². The van der Waals surface area contributed by atoms with Gasteiger partial charge in [-0.15, -0.1) is 0 Å². The fourth-order valence-corrected chi connectivity index (χ4v) is 1.46. The van der Waals surface area contributed by atoms with Crippen LogP contribution in [0.2, 0.25) is 0 Å². The van der Waals surface area contributed by atoms with Gasteiger partial charge in [0.15, 0.2) is 0 Å². The fraction of sp³-hybridized carbons (Fsp3) is 0.308. The molecule has 1 aromatic heterocycles. The highest BCUT2D eigenvalue weighted by molar-refractivity contribution is 5.57. The molecule has 0 aliphatic rings. The molecule has 2 aromatic rings. The number of nitrogens with zero attached hydrogens (tertiary/aromatic N) is 2. The normalized spacial score (nSPS) is 11.8. The first-order valence-corrected chi connectivity index (χ1v) is 5.27. The molecular weight excluding hydrogens is 203 g/mol. The molecule has 84 valence electrons. The molecule has 1 aromatic carbocycles. The van der Waals surface area contributed by atoms with Crippen LogP contribution in [0.4, 0.5) is 4.39 Å². The largest absolute Gasteiger partial charge is 0.332 e. The van der Waals surface area contributed by atoms with Crippen LogP contribution in [0.25, 0.3) is 11.3 Å². The van der Waals surface area contributed by atoms with Crippen LogP contribution in [0.5, 0.6) is 0 Å². The van der Waals surface area contributed by atoms with E-state index < -0.39 is 0 Å². The van der Waals surface area contributed by atoms with E-state index >= 15 is 0 Å². The van der Waals surface area contributed by atoms with Gasteiger partial charge in [0.2, 0.25) is 0 Å². The fourth-order valence-electron chi connectivity index (χ4n) is 1.46. The number of hydrogen-bond donors (Lipinski definition) is 0. The molecule has 0 saturated carbocycles. The standard InChI is InChI=1S/C13H15FN2/c1-13(2,3)16-8-12(15-9-16)10-4-6-11(14)7-5-10/h4-9H,1-3H3. The molecule has 0 fully saturated rings. The highest BCUT2D eigenvalue weighted by Crippen LogP contribution is 2.21. The van der Waals surface area contributed by atoms with Crippen molar-refractivity contribution in [3.63, 3.8) is 0 Å². The Morgan fingerprint density at radius 2 is 1.75 bits per heavy atom. The van der Waals surface area contributed by atoms with E-state index in [1.807, 2.05) is 10.8 Å². The SMILES string of the molecule is CC(C)(C)n1cnc(-c2ccc(F)cc2)c1. The maximum absolute atomic E-state index is 12.8. The Bertz CT molecular complexity index is 477. The summed E-state index contributed by atoms with van der Waals surface area (Å²) in [6.07, 6.45) is 3.78. The second-order valence-corrected chi connectivity index (χ2v) is 4.84. The van der Waals surface area contributed by atoms with Gasteiger partial charge >= 0.3 is 0 Å². The number of benzene rings is 1. The summed E-state index contributed by atoms with van der Waals surface area (Å²) in [5.41, 5.74) is 1.82. The highest BCUT2D eigenvalue weighted by Gasteiger charge is 2.13. The summed E-state index contributed by atoms with van der Waals surface area (Å²) >= 11 is 0. The molecule has 16 heavy (non-hydrogen) atoms. The molecule has 0 radical (unpaired) electrons. The van der Waals surface area contributed by atoms with E-state index in [0.717, 1.165) is 11.3 Å². The Morgan fingerprint density at radius 1 is 1.12 bits per heavy atom. The topological polar surface area (TPSA) is 17.8 Å². The molecule has 0 aliphatic carbocycles. The van der Waals surface area contributed by atoms with Gasteiger partial charge in [0, 0.05) is 17.3 Å². The third-order valence-corrected chi connectivity index (χ3v) is 2.50. The second-order valence-electron chi connectivity index (χ2n) is 4.84. The molecule has 0 N–H and O–H groups in total. The quantitative estimate of drug-likeness (QED) is 0.717. The van der Waals surface area contributed by atoms with E-state index in [4.69, 9.17) is 0 Å². The summed E-state index contributed by atoms with van der Waals surface area (Å²) in [7, 11) is 0. The van der Waals surface area contributed by atoms with E-state index in [1.165, 1.54) is 12.1 Å². The summed E-state index contributed by atoms with van der Waals surface area (Å²) in [6, 6.07) is 6.38. The van der Waals surface area contributed by atoms with Crippen molar-refractivity contribution < 1.29 is 4.39 Å². The Kier molecular flexibility index (Phi) is 2.54. The molecule has 0 unspecified atom stereocenters. The third-order valence-electron chi connectivity index (χ3n) is 2.50. The van der Waals surface area contributed by atoms with Gasteiger partial charge in [0.1, 0.15) is 5.82 Å². The van der Waals surface area contributed by atoms with Crippen LogP contribution in [0.15, 0.2) is 36.8 Å². The Labute approximate surface area is 94.8 Å². The highest BCUT2D eigenvalue weighted by atomic mass is 19.1. The molecule has 0 bridgehead atoms. The van der Waals surface area contributed by atoms with Crippen molar-refractivity contribution in [1.82, 2.24) is 9.55 Å². The minimum Gasteiger partial charge on any atom is -0.332 e. The zero-order valence-corrected chi connectivity index (χ0v) is 9.74. The predicted octanol–water partition coefficient (Wildman–Crippen LogP) is 3.44. The van der Waals surface area contributed by atoms with Gasteiger partial charge < -0.3 is 4.57 Å². The van der Waals surface area contributed by atoms with Gasteiger partial charge in [-0.05, 0) is 45.0 Å². The average molecular weight is 218 g/mol. The number of halogens is 1. The van der Waals surface area contributed by atoms with E-state index in [0.29, 0.717) is 0 Å². The van der Waals surface area contributed by atoms with Crippen LogP contribution in [-0.4, -0.2) is 9.55 Å². The molecule has 3 heteroatoms. The first kappa shape index (κ1) is 10.9. The monoisotopic (exact) mass is 218 g/mol. The zero-order chi connectivity index (χ0) is 11.8. The number of imidazole rings is 1. The van der Waals surface area contributed by atoms with Crippen molar-refractivity contribution in [3.05, 3.63) is 42.6 Å². The van der Waals surface area contributed by atoms with Crippen LogP contribution in [-0.2, 0) is 5.54 Å². The minimum absolute atomic E-state index is 0.0191. The van der Waals surface area contributed by atoms with Crippen molar-refractivity contribution in [2.75, 3.05) is 0 Å². The van der Waals surface area contributed by atoms with Crippen LogP contribution in [0.1, 0.15) is 20.8 Å². The molecule has 0 atom stereocenters. The van der Waals surface area contributed by atoms with Crippen molar-refractivity contribution in [2.24, 2.45) is 0 Å². The lowest BCUT2D eigenvalue weighted by Crippen LogP contribution is -2.19. The summed E-state index contributed by atoms with van der Waals surface area (Å²) in [6.45, 7) is 6.34. The molecule has 1 heterocycles. The smallest absolute Gasteiger partial charge is 0.123 e. The number of rotatable bonds is 1. The maximum Gasteiger partial charge on any atom is 0.123 e. The van der Waals surface area contributed by atoms with E-state index in [1.54, 1.807) is 18.5 Å². The van der Waals surface area contributed by atoms with Crippen molar-refractivity contribution >= 4 is 0 Å². The van der Waals surface area contributed by atoms with E-state index in [9.17, 15) is 4.39 Å². The number of hydrogen-bond acceptors (Lipinski definition) is 1. The van der Waals surface area contributed by atoms with Gasteiger partial charge in [-0.3, -0.25) is 0 Å². The molecule has 0 spiro atoms. The van der Waals surface area contributed by atoms with Gasteiger partial charge in [0.25, 0.3) is 0 Å². The molecule has 0 amide bonds. The Balaban J connectivity index is 2.35. The van der Waals surface area contributed by atoms with Crippen LogP contribution in [0.3, 0.4) is 0 Å². The summed E-state index contributed by atoms with van der Waals surface area (Å²) in [5.74, 6) is -0.223. The summed E-state index contributed by atoms with van der Waals surface area (Å²) in [5, 5.41) is 0. The first-order chi connectivity index (χ1) is 7.47. The lowest BCUT2D eigenvalue weighted by molar-refractivity contribution is 0.396. The summed E-state index contributed by atoms with van der Waals surface area (Å²) < 4.78 is 14.8. The van der Waals surface area contributed by atoms with Crippen LogP contribution >= 0.6 is 0 Å². The van der Waals surface area contributed by atoms with Gasteiger partial charge in [-0.1, -0.05) is 0 Å². The Morgan fingerprint density at radius 3 is 2.25 bits per heavy atom. The Hall–Kier alpha value is -1.64. The number of aromatic nitrogens is 2. The van der Waals surface area contributed by atoms with E-state index in [2.05, 4.69) is 25.8 Å². The molecular formula is C13H15FN2. The zero-order valence-electron chi connectivity index (χ0n) is 9.74. The van der Waals surface area contributed by atoms with Crippen molar-refractivity contribution in [1.29, 1.82) is 0 Å². The second kappa shape index (κ2) is 3.74. The summed E-state index contributed by atoms with van der Waals surface area (Å²) in [4.78, 5) is 4.32. The third kappa shape index (κ3) is 2.13. The van der Waals surface area contributed by atoms with Crippen molar-refractivity contribution in [2.45, 2.75) is 26.3 Å². The van der Waals surface area contributed by atoms with Crippen LogP contribution < -0.4 is 0 Å². The molecule has 0 saturated heterocycles. The van der Waals surface area contributed by atoms with Gasteiger partial charge in [0.05, 0.1) is 12.0 Å². The van der Waals surface area contributed by atoms with Crippen LogP contribution in [0, 0.1) is 5.82 Å². The molecule has 2 rings (SSSR count). The minimum atomic E-state index is -0.223. The average Bonchev–Trinajstić information content (AvgIpc) is 2.67. The molecule has 0 aliphatic heterocycles. The first-order valence-electron chi connectivity index (χ1n) is 5.27.